The van der Waals surface area contributed by atoms with Gasteiger partial charge in [0.1, 0.15) is 17.9 Å². The second-order valence-electron chi connectivity index (χ2n) is 7.75. The van der Waals surface area contributed by atoms with Gasteiger partial charge in [0.2, 0.25) is 5.91 Å². The minimum absolute atomic E-state index is 0.225. The van der Waals surface area contributed by atoms with E-state index in [1.54, 1.807) is 12.3 Å². The molecule has 0 bridgehead atoms. The van der Waals surface area contributed by atoms with Gasteiger partial charge in [0, 0.05) is 6.07 Å². The molecule has 1 atom stereocenters. The molecule has 1 aliphatic heterocycles. The number of anilines is 1. The van der Waals surface area contributed by atoms with Crippen molar-refractivity contribution in [2.45, 2.75) is 63.5 Å². The lowest BCUT2D eigenvalue weighted by Crippen LogP contribution is -2.48. The summed E-state index contributed by atoms with van der Waals surface area (Å²) >= 11 is 0. The predicted octanol–water partition coefficient (Wildman–Crippen LogP) is 2.05. The van der Waals surface area contributed by atoms with Gasteiger partial charge in [0.25, 0.3) is 5.91 Å². The van der Waals surface area contributed by atoms with Gasteiger partial charge in [-0.25, -0.2) is 9.48 Å². The van der Waals surface area contributed by atoms with Crippen LogP contribution in [0.4, 0.5) is 10.6 Å². The Morgan fingerprint density at radius 1 is 1.35 bits per heavy atom. The Morgan fingerprint density at radius 2 is 2.08 bits per heavy atom. The van der Waals surface area contributed by atoms with Crippen LogP contribution in [0.15, 0.2) is 12.3 Å². The molecule has 140 valence electrons. The first-order valence-corrected chi connectivity index (χ1v) is 9.48. The molecule has 0 radical (unpaired) electrons. The number of hydrogen-bond donors (Lipinski definition) is 2. The SMILES string of the molecule is CC(C1CC1)n1nccc1NC(=O)CN1C(=O)NC2(CCCCC2)C1=O. The smallest absolute Gasteiger partial charge is 0.323 e. The number of nitrogens with one attached hydrogen (secondary N) is 2. The van der Waals surface area contributed by atoms with Crippen molar-refractivity contribution in [1.29, 1.82) is 0 Å². The van der Waals surface area contributed by atoms with E-state index in [0.717, 1.165) is 24.2 Å². The van der Waals surface area contributed by atoms with E-state index in [0.29, 0.717) is 24.6 Å². The van der Waals surface area contributed by atoms with Crippen LogP contribution in [0.1, 0.15) is 57.9 Å². The number of rotatable bonds is 5. The Hall–Kier alpha value is -2.38. The summed E-state index contributed by atoms with van der Waals surface area (Å²) < 4.78 is 1.81. The van der Waals surface area contributed by atoms with Crippen LogP contribution in [0.5, 0.6) is 0 Å². The van der Waals surface area contributed by atoms with E-state index in [1.807, 2.05) is 4.68 Å². The molecule has 0 aromatic carbocycles. The first-order chi connectivity index (χ1) is 12.5. The number of nitrogens with zero attached hydrogens (tertiary/aromatic N) is 3. The van der Waals surface area contributed by atoms with Crippen LogP contribution < -0.4 is 10.6 Å². The second kappa shape index (κ2) is 6.41. The highest BCUT2D eigenvalue weighted by Crippen LogP contribution is 2.40. The average molecular weight is 359 g/mol. The van der Waals surface area contributed by atoms with Gasteiger partial charge in [-0.3, -0.25) is 14.5 Å². The molecule has 3 fully saturated rings. The fourth-order valence-corrected chi connectivity index (χ4v) is 4.16. The van der Waals surface area contributed by atoms with Crippen molar-refractivity contribution in [3.8, 4) is 0 Å². The van der Waals surface area contributed by atoms with E-state index in [4.69, 9.17) is 0 Å². The van der Waals surface area contributed by atoms with Crippen molar-refractivity contribution >= 4 is 23.7 Å². The Balaban J connectivity index is 1.41. The van der Waals surface area contributed by atoms with Crippen molar-refractivity contribution in [2.24, 2.45) is 5.92 Å². The first-order valence-electron chi connectivity index (χ1n) is 9.48. The molecule has 4 amide bonds. The molecule has 2 saturated carbocycles. The standard InChI is InChI=1S/C18H25N5O3/c1-12(13-5-6-13)23-14(7-10-19-23)20-15(24)11-22-16(25)18(21-17(22)26)8-3-2-4-9-18/h7,10,12-13H,2-6,8-9,11H2,1H3,(H,20,24)(H,21,26). The van der Waals surface area contributed by atoms with E-state index in [2.05, 4.69) is 22.7 Å². The van der Waals surface area contributed by atoms with Crippen LogP contribution in [0.3, 0.4) is 0 Å². The van der Waals surface area contributed by atoms with Crippen molar-refractivity contribution in [2.75, 3.05) is 11.9 Å². The van der Waals surface area contributed by atoms with Gasteiger partial charge in [-0.05, 0) is 38.5 Å². The van der Waals surface area contributed by atoms with Gasteiger partial charge in [-0.1, -0.05) is 19.3 Å². The monoisotopic (exact) mass is 359 g/mol. The molecule has 4 rings (SSSR count). The lowest BCUT2D eigenvalue weighted by atomic mass is 9.82. The zero-order valence-corrected chi connectivity index (χ0v) is 15.0. The number of imide groups is 1. The number of amides is 4. The third-order valence-electron chi connectivity index (χ3n) is 5.88. The summed E-state index contributed by atoms with van der Waals surface area (Å²) in [7, 11) is 0. The Kier molecular flexibility index (Phi) is 4.20. The highest BCUT2D eigenvalue weighted by molar-refractivity contribution is 6.10. The zero-order valence-electron chi connectivity index (χ0n) is 15.0. The lowest BCUT2D eigenvalue weighted by molar-refractivity contribution is -0.134. The van der Waals surface area contributed by atoms with E-state index >= 15 is 0 Å². The van der Waals surface area contributed by atoms with Gasteiger partial charge < -0.3 is 10.6 Å². The van der Waals surface area contributed by atoms with Crippen LogP contribution in [-0.2, 0) is 9.59 Å². The molecule has 1 aromatic rings. The minimum Gasteiger partial charge on any atom is -0.323 e. The summed E-state index contributed by atoms with van der Waals surface area (Å²) in [5, 5.41) is 9.93. The van der Waals surface area contributed by atoms with E-state index in [9.17, 15) is 14.4 Å². The molecule has 3 aliphatic rings. The maximum Gasteiger partial charge on any atom is 0.325 e. The molecule has 26 heavy (non-hydrogen) atoms. The Bertz CT molecular complexity index is 733. The van der Waals surface area contributed by atoms with Crippen molar-refractivity contribution in [1.82, 2.24) is 20.0 Å². The van der Waals surface area contributed by atoms with Gasteiger partial charge in [0.05, 0.1) is 12.2 Å². The highest BCUT2D eigenvalue weighted by Gasteiger charge is 2.51. The topological polar surface area (TPSA) is 96.3 Å². The third kappa shape index (κ3) is 2.97. The van der Waals surface area contributed by atoms with Gasteiger partial charge in [-0.2, -0.15) is 5.10 Å². The van der Waals surface area contributed by atoms with Crippen molar-refractivity contribution in [3.05, 3.63) is 12.3 Å². The summed E-state index contributed by atoms with van der Waals surface area (Å²) in [5.74, 6) is 0.555. The van der Waals surface area contributed by atoms with E-state index < -0.39 is 11.6 Å². The molecule has 1 unspecified atom stereocenters. The van der Waals surface area contributed by atoms with Crippen LogP contribution in [0, 0.1) is 5.92 Å². The van der Waals surface area contributed by atoms with E-state index in [1.165, 1.54) is 12.8 Å². The van der Waals surface area contributed by atoms with Crippen molar-refractivity contribution < 1.29 is 14.4 Å². The molecule has 8 heteroatoms. The molecular weight excluding hydrogens is 334 g/mol. The Labute approximate surface area is 152 Å². The largest absolute Gasteiger partial charge is 0.325 e. The molecule has 1 aromatic heterocycles. The number of hydrogen-bond acceptors (Lipinski definition) is 4. The third-order valence-corrected chi connectivity index (χ3v) is 5.88. The number of carbonyl (C=O) groups excluding carboxylic acids is 3. The van der Waals surface area contributed by atoms with Crippen molar-refractivity contribution in [3.63, 3.8) is 0 Å². The zero-order chi connectivity index (χ0) is 18.3. The maximum absolute atomic E-state index is 12.7. The number of carbonyl (C=O) groups is 3. The predicted molar refractivity (Wildman–Crippen MR) is 94.4 cm³/mol. The lowest BCUT2D eigenvalue weighted by Gasteiger charge is -2.30. The fraction of sp³-hybridized carbons (Fsp3) is 0.667. The molecule has 1 spiro atoms. The molecular formula is C18H25N5O3. The maximum atomic E-state index is 12.7. The normalized spacial score (nSPS) is 23.2. The van der Waals surface area contributed by atoms with Crippen LogP contribution in [0.25, 0.3) is 0 Å². The molecule has 2 N–H and O–H groups in total. The summed E-state index contributed by atoms with van der Waals surface area (Å²) in [6, 6.07) is 1.50. The minimum atomic E-state index is -0.794. The highest BCUT2D eigenvalue weighted by atomic mass is 16.2. The quantitative estimate of drug-likeness (QED) is 0.787. The first kappa shape index (κ1) is 17.1. The Morgan fingerprint density at radius 3 is 2.77 bits per heavy atom. The summed E-state index contributed by atoms with van der Waals surface area (Å²) in [6.07, 6.45) is 8.24. The molecule has 1 saturated heterocycles. The number of urea groups is 1. The van der Waals surface area contributed by atoms with Gasteiger partial charge in [0.15, 0.2) is 0 Å². The van der Waals surface area contributed by atoms with E-state index in [-0.39, 0.29) is 24.4 Å². The fourth-order valence-electron chi connectivity index (χ4n) is 4.16. The summed E-state index contributed by atoms with van der Waals surface area (Å²) in [6.45, 7) is 1.82. The molecule has 8 nitrogen and oxygen atoms in total. The van der Waals surface area contributed by atoms with Crippen LogP contribution in [-0.4, -0.2) is 44.6 Å². The molecule has 2 aliphatic carbocycles. The van der Waals surface area contributed by atoms with Crippen LogP contribution >= 0.6 is 0 Å². The summed E-state index contributed by atoms with van der Waals surface area (Å²) in [5.41, 5.74) is -0.794. The number of aromatic nitrogens is 2. The molecule has 2 heterocycles. The van der Waals surface area contributed by atoms with Gasteiger partial charge >= 0.3 is 6.03 Å². The van der Waals surface area contributed by atoms with Crippen LogP contribution in [0.2, 0.25) is 0 Å². The summed E-state index contributed by atoms with van der Waals surface area (Å²) in [4.78, 5) is 38.5. The second-order valence-corrected chi connectivity index (χ2v) is 7.75. The van der Waals surface area contributed by atoms with Gasteiger partial charge in [-0.15, -0.1) is 0 Å². The average Bonchev–Trinajstić information content (AvgIpc) is 3.34.